The molecule has 19 heavy (non-hydrogen) atoms. The van der Waals surface area contributed by atoms with E-state index in [-0.39, 0.29) is 25.9 Å². The second-order valence-electron chi connectivity index (χ2n) is 4.47. The van der Waals surface area contributed by atoms with Gasteiger partial charge in [0.1, 0.15) is 0 Å². The van der Waals surface area contributed by atoms with Gasteiger partial charge in [0, 0.05) is 25.9 Å². The van der Waals surface area contributed by atoms with Gasteiger partial charge in [-0.2, -0.15) is 0 Å². The molecule has 0 saturated heterocycles. The second kappa shape index (κ2) is 11.9. The third-order valence-electron chi connectivity index (χ3n) is 2.67. The molecule has 0 saturated carbocycles. The number of unbranched alkanes of at least 4 members (excludes halogenated alkanes) is 5. The highest BCUT2D eigenvalue weighted by molar-refractivity contribution is 5.69. The monoisotopic (exact) mass is 276 g/mol. The molecule has 0 spiro atoms. The summed E-state index contributed by atoms with van der Waals surface area (Å²) in [6.45, 7) is -0.217. The molecule has 1 atom stereocenters. The van der Waals surface area contributed by atoms with E-state index in [0.29, 0.717) is 12.8 Å². The Bertz CT molecular complexity index is 254. The van der Waals surface area contributed by atoms with Gasteiger partial charge in [-0.15, -0.1) is 0 Å². The molecule has 0 aliphatic rings. The number of ether oxygens (including phenoxy) is 1. The average Bonchev–Trinajstić information content (AvgIpc) is 2.32. The van der Waals surface area contributed by atoms with Gasteiger partial charge in [0.25, 0.3) is 0 Å². The fourth-order valence-corrected chi connectivity index (χ4v) is 1.63. The van der Waals surface area contributed by atoms with Crippen molar-refractivity contribution >= 4 is 11.9 Å². The maximum Gasteiger partial charge on any atom is 0.308 e. The number of aliphatic hydroxyl groups is 2. The van der Waals surface area contributed by atoms with Crippen molar-refractivity contribution in [1.29, 1.82) is 0 Å². The minimum Gasteiger partial charge on any atom is -0.481 e. The quantitative estimate of drug-likeness (QED) is 0.283. The number of aliphatic hydroxyl groups excluding tert-OH is 2. The third kappa shape index (κ3) is 13.1. The minimum atomic E-state index is -1.21. The predicted octanol–water partition coefficient (Wildman–Crippen LogP) is 1.44. The smallest absolute Gasteiger partial charge is 0.308 e. The van der Waals surface area contributed by atoms with Crippen LogP contribution >= 0.6 is 0 Å². The van der Waals surface area contributed by atoms with Crippen LogP contribution in [0.2, 0.25) is 0 Å². The molecular weight excluding hydrogens is 252 g/mol. The van der Waals surface area contributed by atoms with E-state index in [2.05, 4.69) is 4.74 Å². The lowest BCUT2D eigenvalue weighted by molar-refractivity contribution is -0.169. The molecule has 0 heterocycles. The van der Waals surface area contributed by atoms with Crippen molar-refractivity contribution in [2.45, 2.75) is 64.1 Å². The number of hydrogen-bond donors (Lipinski definition) is 3. The third-order valence-corrected chi connectivity index (χ3v) is 2.67. The summed E-state index contributed by atoms with van der Waals surface area (Å²) < 4.78 is 4.65. The first-order chi connectivity index (χ1) is 9.06. The van der Waals surface area contributed by atoms with E-state index in [1.165, 1.54) is 0 Å². The van der Waals surface area contributed by atoms with E-state index in [4.69, 9.17) is 15.3 Å². The first kappa shape index (κ1) is 17.9. The molecule has 0 aromatic rings. The zero-order chi connectivity index (χ0) is 14.5. The van der Waals surface area contributed by atoms with Crippen LogP contribution in [0.25, 0.3) is 0 Å². The molecule has 0 radical (unpaired) electrons. The van der Waals surface area contributed by atoms with Crippen molar-refractivity contribution in [1.82, 2.24) is 0 Å². The number of carbonyl (C=O) groups is 2. The summed E-state index contributed by atoms with van der Waals surface area (Å²) >= 11 is 0. The van der Waals surface area contributed by atoms with Gasteiger partial charge in [-0.05, 0) is 12.8 Å². The van der Waals surface area contributed by atoms with Gasteiger partial charge in [0.15, 0.2) is 0 Å². The maximum atomic E-state index is 11.2. The Kier molecular flexibility index (Phi) is 11.2. The van der Waals surface area contributed by atoms with Crippen molar-refractivity contribution in [3.8, 4) is 0 Å². The van der Waals surface area contributed by atoms with E-state index in [0.717, 1.165) is 25.7 Å². The summed E-state index contributed by atoms with van der Waals surface area (Å²) in [6, 6.07) is 0. The van der Waals surface area contributed by atoms with Crippen molar-refractivity contribution in [2.75, 3.05) is 6.61 Å². The predicted molar refractivity (Wildman–Crippen MR) is 68.4 cm³/mol. The topological polar surface area (TPSA) is 104 Å². The molecular formula is C13H24O6. The van der Waals surface area contributed by atoms with Gasteiger partial charge >= 0.3 is 11.9 Å². The van der Waals surface area contributed by atoms with Crippen molar-refractivity contribution < 1.29 is 29.6 Å². The molecule has 3 N–H and O–H groups in total. The van der Waals surface area contributed by atoms with Crippen LogP contribution in [0.4, 0.5) is 0 Å². The normalized spacial score (nSPS) is 12.1. The molecule has 0 fully saturated rings. The molecule has 0 aliphatic heterocycles. The Labute approximate surface area is 113 Å². The second-order valence-corrected chi connectivity index (χ2v) is 4.47. The number of aliphatic carboxylic acids is 1. The van der Waals surface area contributed by atoms with E-state index in [1.807, 2.05) is 0 Å². The van der Waals surface area contributed by atoms with Gasteiger partial charge in [-0.25, -0.2) is 0 Å². The highest BCUT2D eigenvalue weighted by Gasteiger charge is 2.09. The molecule has 0 amide bonds. The lowest BCUT2D eigenvalue weighted by Crippen LogP contribution is -2.18. The summed E-state index contributed by atoms with van der Waals surface area (Å²) in [5.41, 5.74) is 0. The fraction of sp³-hybridized carbons (Fsp3) is 0.846. The highest BCUT2D eigenvalue weighted by atomic mass is 16.6. The summed E-state index contributed by atoms with van der Waals surface area (Å²) in [7, 11) is 0. The Morgan fingerprint density at radius 2 is 1.47 bits per heavy atom. The number of carbonyl (C=O) groups excluding carboxylic acids is 1. The summed E-state index contributed by atoms with van der Waals surface area (Å²) in [5.74, 6) is -1.21. The number of hydrogen-bond acceptors (Lipinski definition) is 5. The van der Waals surface area contributed by atoms with Crippen molar-refractivity contribution in [3.63, 3.8) is 0 Å². The maximum absolute atomic E-state index is 11.2. The zero-order valence-corrected chi connectivity index (χ0v) is 11.2. The first-order valence-electron chi connectivity index (χ1n) is 6.76. The van der Waals surface area contributed by atoms with Crippen LogP contribution < -0.4 is 0 Å². The Morgan fingerprint density at radius 3 is 2.00 bits per heavy atom. The summed E-state index contributed by atoms with van der Waals surface area (Å²) in [5, 5.41) is 26.1. The molecule has 0 rings (SSSR count). The van der Waals surface area contributed by atoms with Crippen LogP contribution in [-0.2, 0) is 14.3 Å². The molecule has 0 aromatic carbocycles. The van der Waals surface area contributed by atoms with Gasteiger partial charge in [-0.1, -0.05) is 25.7 Å². The first-order valence-corrected chi connectivity index (χ1v) is 6.76. The molecule has 1 unspecified atom stereocenters. The van der Waals surface area contributed by atoms with E-state index in [1.54, 1.807) is 0 Å². The minimum absolute atomic E-state index is 0.0370. The summed E-state index contributed by atoms with van der Waals surface area (Å²) in [4.78, 5) is 21.5. The molecule has 0 bridgehead atoms. The highest BCUT2D eigenvalue weighted by Crippen LogP contribution is 2.09. The molecule has 112 valence electrons. The van der Waals surface area contributed by atoms with Crippen LogP contribution in [-0.4, -0.2) is 40.2 Å². The van der Waals surface area contributed by atoms with Gasteiger partial charge in [0.2, 0.25) is 6.29 Å². The number of rotatable bonds is 12. The SMILES string of the molecule is O=C(O)CCCCCCCCC(=O)OC(O)CCO. The standard InChI is InChI=1S/C13H24O6/c14-10-9-13(18)19-12(17)8-6-4-2-1-3-5-7-11(15)16/h13-14,18H,1-10H2,(H,15,16). The van der Waals surface area contributed by atoms with Crippen LogP contribution in [0, 0.1) is 0 Å². The van der Waals surface area contributed by atoms with Gasteiger partial charge in [-0.3, -0.25) is 9.59 Å². The van der Waals surface area contributed by atoms with E-state index in [9.17, 15) is 9.59 Å². The average molecular weight is 276 g/mol. The van der Waals surface area contributed by atoms with Gasteiger partial charge < -0.3 is 20.1 Å². The number of esters is 1. The molecule has 0 aliphatic carbocycles. The number of carboxylic acid groups (broad SMARTS) is 1. The van der Waals surface area contributed by atoms with Crippen molar-refractivity contribution in [2.24, 2.45) is 0 Å². The van der Waals surface area contributed by atoms with Crippen LogP contribution in [0.15, 0.2) is 0 Å². The van der Waals surface area contributed by atoms with E-state index < -0.39 is 18.2 Å². The Balaban J connectivity index is 3.29. The Hall–Kier alpha value is -1.14. The van der Waals surface area contributed by atoms with Crippen LogP contribution in [0.5, 0.6) is 0 Å². The van der Waals surface area contributed by atoms with Crippen LogP contribution in [0.3, 0.4) is 0 Å². The number of carboxylic acids is 1. The van der Waals surface area contributed by atoms with Crippen molar-refractivity contribution in [3.05, 3.63) is 0 Å². The Morgan fingerprint density at radius 1 is 0.947 bits per heavy atom. The van der Waals surface area contributed by atoms with E-state index >= 15 is 0 Å². The lowest BCUT2D eigenvalue weighted by atomic mass is 10.1. The molecule has 6 nitrogen and oxygen atoms in total. The van der Waals surface area contributed by atoms with Crippen LogP contribution in [0.1, 0.15) is 57.8 Å². The molecule has 0 aromatic heterocycles. The lowest BCUT2D eigenvalue weighted by Gasteiger charge is -2.10. The van der Waals surface area contributed by atoms with Gasteiger partial charge in [0.05, 0.1) is 0 Å². The molecule has 6 heteroatoms. The largest absolute Gasteiger partial charge is 0.481 e. The fourth-order valence-electron chi connectivity index (χ4n) is 1.63. The summed E-state index contributed by atoms with van der Waals surface area (Å²) in [6.07, 6.45) is 4.41. The zero-order valence-electron chi connectivity index (χ0n) is 11.2.